The van der Waals surface area contributed by atoms with Crippen molar-refractivity contribution in [3.05, 3.63) is 29.8 Å². The van der Waals surface area contributed by atoms with Crippen molar-refractivity contribution in [2.75, 3.05) is 32.1 Å². The van der Waals surface area contributed by atoms with Crippen molar-refractivity contribution in [1.82, 2.24) is 16.0 Å². The molecule has 26 heavy (non-hydrogen) atoms. The highest BCUT2D eigenvalue weighted by atomic mass is 16.2. The summed E-state index contributed by atoms with van der Waals surface area (Å²) in [6.45, 7) is 5.64. The summed E-state index contributed by atoms with van der Waals surface area (Å²) >= 11 is 0. The number of rotatable bonds is 6. The molecule has 0 atom stereocenters. The van der Waals surface area contributed by atoms with Crippen molar-refractivity contribution in [1.29, 1.82) is 0 Å². The maximum atomic E-state index is 11.8. The van der Waals surface area contributed by atoms with Gasteiger partial charge in [-0.05, 0) is 38.0 Å². The topological polar surface area (TPSA) is 85.8 Å². The average molecular weight is 359 g/mol. The molecule has 7 nitrogen and oxygen atoms in total. The zero-order valence-corrected chi connectivity index (χ0v) is 16.1. The number of carbonyl (C=O) groups excluding carboxylic acids is 2. The Hall–Kier alpha value is -2.57. The summed E-state index contributed by atoms with van der Waals surface area (Å²) in [5, 5.41) is 9.09. The molecule has 1 aromatic carbocycles. The number of amides is 2. The van der Waals surface area contributed by atoms with Crippen LogP contribution in [0.3, 0.4) is 0 Å². The Bertz CT molecular complexity index is 667. The number of carbonyl (C=O) groups is 2. The Balaban J connectivity index is 1.86. The Morgan fingerprint density at radius 2 is 1.92 bits per heavy atom. The number of guanidine groups is 1. The first kappa shape index (κ1) is 19.8. The number of nitrogens with zero attached hydrogens (tertiary/aromatic N) is 2. The highest BCUT2D eigenvalue weighted by Gasteiger charge is 2.26. The number of anilines is 1. The molecule has 1 aliphatic rings. The summed E-state index contributed by atoms with van der Waals surface area (Å²) in [6.07, 6.45) is 1.56. The molecule has 1 aliphatic heterocycles. The first-order valence-electron chi connectivity index (χ1n) is 8.93. The molecular formula is C19H29N5O2. The molecule has 1 aromatic rings. The summed E-state index contributed by atoms with van der Waals surface area (Å²) in [7, 11) is 3.33. The fraction of sp³-hybridized carbons (Fsp3) is 0.526. The standard InChI is InChI=1S/C19H29N5O2/c1-19(2,17(26)20-3)13-23-18(21-4)22-12-14-7-9-15(10-8-14)24-11-5-6-16(24)25/h7-10H,5-6,11-13H2,1-4H3,(H,20,26)(H2,21,22,23). The number of benzene rings is 1. The van der Waals surface area contributed by atoms with Crippen molar-refractivity contribution in [2.45, 2.75) is 33.2 Å². The van der Waals surface area contributed by atoms with Gasteiger partial charge < -0.3 is 20.9 Å². The highest BCUT2D eigenvalue weighted by Crippen LogP contribution is 2.21. The van der Waals surface area contributed by atoms with Gasteiger partial charge in [-0.1, -0.05) is 12.1 Å². The maximum absolute atomic E-state index is 11.8. The molecule has 1 saturated heterocycles. The number of hydrogen-bond acceptors (Lipinski definition) is 3. The molecule has 0 saturated carbocycles. The molecule has 0 bridgehead atoms. The summed E-state index contributed by atoms with van der Waals surface area (Å²) in [5.74, 6) is 0.812. The van der Waals surface area contributed by atoms with Crippen LogP contribution in [0.4, 0.5) is 5.69 Å². The molecular weight excluding hydrogens is 330 g/mol. The Morgan fingerprint density at radius 1 is 1.23 bits per heavy atom. The molecule has 0 aliphatic carbocycles. The van der Waals surface area contributed by atoms with Crippen molar-refractivity contribution < 1.29 is 9.59 Å². The quantitative estimate of drug-likeness (QED) is 0.527. The van der Waals surface area contributed by atoms with Crippen LogP contribution in [0.5, 0.6) is 0 Å². The fourth-order valence-corrected chi connectivity index (χ4v) is 2.84. The predicted octanol–water partition coefficient (Wildman–Crippen LogP) is 1.25. The normalized spacial score (nSPS) is 15.2. The van der Waals surface area contributed by atoms with E-state index >= 15 is 0 Å². The van der Waals surface area contributed by atoms with Crippen LogP contribution in [-0.4, -0.2) is 45.0 Å². The second-order valence-electron chi connectivity index (χ2n) is 7.06. The molecule has 0 aromatic heterocycles. The Labute approximate surface area is 155 Å². The van der Waals surface area contributed by atoms with Crippen LogP contribution in [0.25, 0.3) is 0 Å². The summed E-state index contributed by atoms with van der Waals surface area (Å²) in [4.78, 5) is 29.7. The van der Waals surface area contributed by atoms with E-state index in [0.29, 0.717) is 25.5 Å². The minimum absolute atomic E-state index is 0.0208. The molecule has 3 N–H and O–H groups in total. The van der Waals surface area contributed by atoms with Crippen LogP contribution in [0.2, 0.25) is 0 Å². The van der Waals surface area contributed by atoms with E-state index in [0.717, 1.165) is 24.2 Å². The largest absolute Gasteiger partial charge is 0.359 e. The lowest BCUT2D eigenvalue weighted by molar-refractivity contribution is -0.128. The van der Waals surface area contributed by atoms with Gasteiger partial charge in [-0.2, -0.15) is 0 Å². The summed E-state index contributed by atoms with van der Waals surface area (Å²) in [6, 6.07) is 7.97. The van der Waals surface area contributed by atoms with E-state index in [9.17, 15) is 9.59 Å². The average Bonchev–Trinajstić information content (AvgIpc) is 3.07. The highest BCUT2D eigenvalue weighted by molar-refractivity contribution is 5.95. The van der Waals surface area contributed by atoms with Crippen molar-refractivity contribution in [3.8, 4) is 0 Å². The molecule has 7 heteroatoms. The van der Waals surface area contributed by atoms with Crippen LogP contribution in [0, 0.1) is 5.41 Å². The van der Waals surface area contributed by atoms with Crippen molar-refractivity contribution in [2.24, 2.45) is 10.4 Å². The van der Waals surface area contributed by atoms with E-state index < -0.39 is 5.41 Å². The van der Waals surface area contributed by atoms with Crippen LogP contribution >= 0.6 is 0 Å². The van der Waals surface area contributed by atoms with E-state index in [1.807, 2.05) is 43.0 Å². The fourth-order valence-electron chi connectivity index (χ4n) is 2.84. The lowest BCUT2D eigenvalue weighted by Gasteiger charge is -2.24. The molecule has 0 unspecified atom stereocenters. The van der Waals surface area contributed by atoms with Crippen LogP contribution in [-0.2, 0) is 16.1 Å². The van der Waals surface area contributed by atoms with E-state index in [1.165, 1.54) is 0 Å². The van der Waals surface area contributed by atoms with Gasteiger partial charge in [-0.3, -0.25) is 14.6 Å². The van der Waals surface area contributed by atoms with E-state index in [4.69, 9.17) is 0 Å². The zero-order chi connectivity index (χ0) is 19.2. The number of nitrogens with one attached hydrogen (secondary N) is 3. The second kappa shape index (κ2) is 8.69. The molecule has 0 spiro atoms. The summed E-state index contributed by atoms with van der Waals surface area (Å²) in [5.41, 5.74) is 1.51. The third kappa shape index (κ3) is 4.97. The van der Waals surface area contributed by atoms with E-state index in [1.54, 1.807) is 14.1 Å². The lowest BCUT2D eigenvalue weighted by atomic mass is 9.92. The monoisotopic (exact) mass is 359 g/mol. The van der Waals surface area contributed by atoms with Crippen molar-refractivity contribution >= 4 is 23.5 Å². The molecule has 1 heterocycles. The third-order valence-electron chi connectivity index (χ3n) is 4.54. The number of hydrogen-bond donors (Lipinski definition) is 3. The number of aliphatic imine (C=N–C) groups is 1. The van der Waals surface area contributed by atoms with E-state index in [-0.39, 0.29) is 11.8 Å². The Morgan fingerprint density at radius 3 is 2.46 bits per heavy atom. The third-order valence-corrected chi connectivity index (χ3v) is 4.54. The molecule has 2 rings (SSSR count). The van der Waals surface area contributed by atoms with Gasteiger partial charge in [-0.15, -0.1) is 0 Å². The van der Waals surface area contributed by atoms with Gasteiger partial charge in [-0.25, -0.2) is 0 Å². The SMILES string of the molecule is CN=C(NCc1ccc(N2CCCC2=O)cc1)NCC(C)(C)C(=O)NC. The van der Waals surface area contributed by atoms with E-state index in [2.05, 4.69) is 20.9 Å². The second-order valence-corrected chi connectivity index (χ2v) is 7.06. The molecule has 0 radical (unpaired) electrons. The van der Waals surface area contributed by atoms with Crippen LogP contribution in [0.15, 0.2) is 29.3 Å². The zero-order valence-electron chi connectivity index (χ0n) is 16.1. The molecule has 2 amide bonds. The smallest absolute Gasteiger partial charge is 0.227 e. The van der Waals surface area contributed by atoms with Crippen LogP contribution < -0.4 is 20.9 Å². The maximum Gasteiger partial charge on any atom is 0.227 e. The van der Waals surface area contributed by atoms with Gasteiger partial charge in [0.05, 0.1) is 5.41 Å². The van der Waals surface area contributed by atoms with Gasteiger partial charge in [0.25, 0.3) is 0 Å². The Kier molecular flexibility index (Phi) is 6.60. The van der Waals surface area contributed by atoms with Crippen LogP contribution in [0.1, 0.15) is 32.3 Å². The molecule has 1 fully saturated rings. The van der Waals surface area contributed by atoms with Gasteiger partial charge >= 0.3 is 0 Å². The minimum atomic E-state index is -0.531. The first-order chi connectivity index (χ1) is 12.4. The molecule has 142 valence electrons. The van der Waals surface area contributed by atoms with Gasteiger partial charge in [0.15, 0.2) is 5.96 Å². The summed E-state index contributed by atoms with van der Waals surface area (Å²) < 4.78 is 0. The van der Waals surface area contributed by atoms with Gasteiger partial charge in [0.2, 0.25) is 11.8 Å². The van der Waals surface area contributed by atoms with Crippen molar-refractivity contribution in [3.63, 3.8) is 0 Å². The first-order valence-corrected chi connectivity index (χ1v) is 8.93. The lowest BCUT2D eigenvalue weighted by Crippen LogP contribution is -2.47. The minimum Gasteiger partial charge on any atom is -0.359 e. The predicted molar refractivity (Wildman–Crippen MR) is 104 cm³/mol. The van der Waals surface area contributed by atoms with Gasteiger partial charge in [0.1, 0.15) is 0 Å². The van der Waals surface area contributed by atoms with Gasteiger partial charge in [0, 0.05) is 45.8 Å².